The first-order valence-corrected chi connectivity index (χ1v) is 9.80. The Morgan fingerprint density at radius 2 is 2.07 bits per heavy atom. The lowest BCUT2D eigenvalue weighted by molar-refractivity contribution is -0.192. The second-order valence-corrected chi connectivity index (χ2v) is 7.94. The minimum absolute atomic E-state index is 0.111. The molecule has 3 atom stereocenters. The fourth-order valence-electron chi connectivity index (χ4n) is 3.01. The fourth-order valence-corrected chi connectivity index (χ4v) is 4.13. The summed E-state index contributed by atoms with van der Waals surface area (Å²) in [5.41, 5.74) is 0. The molecule has 8 nitrogen and oxygen atoms in total. The molecule has 2 heterocycles. The van der Waals surface area contributed by atoms with Crippen molar-refractivity contribution in [1.29, 1.82) is 0 Å². The number of halogens is 3. The van der Waals surface area contributed by atoms with Crippen LogP contribution in [-0.2, 0) is 19.6 Å². The maximum atomic E-state index is 11.8. The third-order valence-electron chi connectivity index (χ3n) is 4.07. The van der Waals surface area contributed by atoms with Crippen molar-refractivity contribution in [2.75, 3.05) is 19.4 Å². The Hall–Kier alpha value is -1.92. The van der Waals surface area contributed by atoms with Crippen LogP contribution in [0.3, 0.4) is 0 Å². The SMILES string of the molecule is CS(=O)(=O)N1CCO[C@H]2[C@@H](Oc3cccnc3)CC[C@@H]21.O=C(O)C(F)(F)F. The molecule has 1 saturated carbocycles. The van der Waals surface area contributed by atoms with Gasteiger partial charge in [0, 0.05) is 12.7 Å². The highest BCUT2D eigenvalue weighted by atomic mass is 32.2. The van der Waals surface area contributed by atoms with E-state index in [1.807, 2.05) is 12.1 Å². The number of carboxylic acids is 1. The number of rotatable bonds is 3. The molecule has 0 aromatic carbocycles. The molecule has 0 radical (unpaired) electrons. The molecule has 0 unspecified atom stereocenters. The predicted molar refractivity (Wildman–Crippen MR) is 86.7 cm³/mol. The predicted octanol–water partition coefficient (Wildman–Crippen LogP) is 1.29. The zero-order valence-electron chi connectivity index (χ0n) is 14.3. The number of fused-ring (bicyclic) bond motifs is 1. The van der Waals surface area contributed by atoms with Crippen molar-refractivity contribution < 1.29 is 41.0 Å². The van der Waals surface area contributed by atoms with E-state index in [9.17, 15) is 21.6 Å². The van der Waals surface area contributed by atoms with Crippen molar-refractivity contribution in [1.82, 2.24) is 9.29 Å². The molecule has 1 saturated heterocycles. The first-order valence-electron chi connectivity index (χ1n) is 7.95. The molecule has 27 heavy (non-hydrogen) atoms. The van der Waals surface area contributed by atoms with Crippen LogP contribution in [0.2, 0.25) is 0 Å². The number of pyridine rings is 1. The number of aromatic nitrogens is 1. The Morgan fingerprint density at radius 3 is 2.59 bits per heavy atom. The Morgan fingerprint density at radius 1 is 1.41 bits per heavy atom. The number of sulfonamides is 1. The lowest BCUT2D eigenvalue weighted by atomic mass is 10.1. The average molecular weight is 412 g/mol. The van der Waals surface area contributed by atoms with Gasteiger partial charge in [0.1, 0.15) is 18.0 Å². The molecule has 1 aliphatic carbocycles. The monoisotopic (exact) mass is 412 g/mol. The minimum atomic E-state index is -5.08. The summed E-state index contributed by atoms with van der Waals surface area (Å²) in [5.74, 6) is -2.06. The fraction of sp³-hybridized carbons (Fsp3) is 0.600. The highest BCUT2D eigenvalue weighted by Crippen LogP contribution is 2.33. The second-order valence-electron chi connectivity index (χ2n) is 6.00. The normalized spacial score (nSPS) is 25.9. The van der Waals surface area contributed by atoms with Crippen LogP contribution in [0.15, 0.2) is 24.5 Å². The van der Waals surface area contributed by atoms with E-state index in [1.54, 1.807) is 16.7 Å². The van der Waals surface area contributed by atoms with Crippen molar-refractivity contribution in [2.24, 2.45) is 0 Å². The third kappa shape index (κ3) is 5.78. The number of nitrogens with zero attached hydrogens (tertiary/aromatic N) is 2. The van der Waals surface area contributed by atoms with Crippen LogP contribution in [0.4, 0.5) is 13.2 Å². The van der Waals surface area contributed by atoms with Gasteiger partial charge in [-0.1, -0.05) is 0 Å². The van der Waals surface area contributed by atoms with Crippen LogP contribution in [0.5, 0.6) is 5.75 Å². The first-order chi connectivity index (χ1) is 12.5. The molecule has 0 amide bonds. The van der Waals surface area contributed by atoms with Crippen molar-refractivity contribution in [3.05, 3.63) is 24.5 Å². The maximum absolute atomic E-state index is 11.8. The van der Waals surface area contributed by atoms with Crippen LogP contribution >= 0.6 is 0 Å². The molecule has 3 rings (SSSR count). The maximum Gasteiger partial charge on any atom is 0.490 e. The van der Waals surface area contributed by atoms with Gasteiger partial charge in [-0.3, -0.25) is 4.98 Å². The number of morpholine rings is 1. The van der Waals surface area contributed by atoms with Crippen molar-refractivity contribution in [3.63, 3.8) is 0 Å². The summed E-state index contributed by atoms with van der Waals surface area (Å²) in [6.45, 7) is 0.848. The third-order valence-corrected chi connectivity index (χ3v) is 5.38. The van der Waals surface area contributed by atoms with Gasteiger partial charge < -0.3 is 14.6 Å². The van der Waals surface area contributed by atoms with E-state index < -0.39 is 22.2 Å². The molecule has 0 bridgehead atoms. The van der Waals surface area contributed by atoms with E-state index in [0.717, 1.165) is 12.8 Å². The Balaban J connectivity index is 0.000000321. The van der Waals surface area contributed by atoms with Crippen LogP contribution in [0.25, 0.3) is 0 Å². The lowest BCUT2D eigenvalue weighted by Crippen LogP contribution is -2.53. The molecule has 2 fully saturated rings. The Bertz CT molecular complexity index is 744. The van der Waals surface area contributed by atoms with Crippen LogP contribution in [0, 0.1) is 0 Å². The van der Waals surface area contributed by atoms with Gasteiger partial charge in [0.15, 0.2) is 0 Å². The number of aliphatic carboxylic acids is 1. The molecular weight excluding hydrogens is 393 g/mol. The van der Waals surface area contributed by atoms with Gasteiger partial charge in [0.25, 0.3) is 0 Å². The van der Waals surface area contributed by atoms with Gasteiger partial charge in [0.05, 0.1) is 25.1 Å². The standard InChI is InChI=1S/C13H18N2O4S.C2HF3O2/c1-20(16,17)15-7-8-18-13-11(15)4-5-12(13)19-10-3-2-6-14-9-10;3-2(4,5)1(6)7/h2-3,6,9,11-13H,4-5,7-8H2,1H3;(H,6,7)/t11-,12-,13+;/m0./s1. The van der Waals surface area contributed by atoms with Gasteiger partial charge in [-0.05, 0) is 25.0 Å². The van der Waals surface area contributed by atoms with E-state index in [-0.39, 0.29) is 18.2 Å². The molecule has 1 aromatic heterocycles. The number of hydrogen-bond donors (Lipinski definition) is 1. The summed E-state index contributed by atoms with van der Waals surface area (Å²) in [6, 6.07) is 3.55. The van der Waals surface area contributed by atoms with E-state index >= 15 is 0 Å². The number of carboxylic acid groups (broad SMARTS) is 1. The average Bonchev–Trinajstić information content (AvgIpc) is 2.97. The van der Waals surface area contributed by atoms with Gasteiger partial charge in [-0.2, -0.15) is 17.5 Å². The summed E-state index contributed by atoms with van der Waals surface area (Å²) < 4.78 is 68.6. The Kier molecular flexibility index (Phi) is 6.65. The van der Waals surface area contributed by atoms with Crippen molar-refractivity contribution >= 4 is 16.0 Å². The van der Waals surface area contributed by atoms with Crippen LogP contribution < -0.4 is 4.74 Å². The van der Waals surface area contributed by atoms with E-state index in [0.29, 0.717) is 18.9 Å². The topological polar surface area (TPSA) is 106 Å². The summed E-state index contributed by atoms with van der Waals surface area (Å²) in [4.78, 5) is 12.9. The van der Waals surface area contributed by atoms with Gasteiger partial charge >= 0.3 is 12.1 Å². The summed E-state index contributed by atoms with van der Waals surface area (Å²) >= 11 is 0. The summed E-state index contributed by atoms with van der Waals surface area (Å²) in [6.07, 6.45) is 0.758. The highest BCUT2D eigenvalue weighted by molar-refractivity contribution is 7.88. The number of ether oxygens (including phenoxy) is 2. The molecule has 1 aliphatic heterocycles. The second kappa shape index (κ2) is 8.40. The molecule has 1 N–H and O–H groups in total. The molecular formula is C15H19F3N2O6S. The zero-order chi connectivity index (χ0) is 20.2. The highest BCUT2D eigenvalue weighted by Gasteiger charge is 2.46. The van der Waals surface area contributed by atoms with E-state index in [4.69, 9.17) is 19.4 Å². The first kappa shape index (κ1) is 21.4. The van der Waals surface area contributed by atoms with Crippen molar-refractivity contribution in [3.8, 4) is 5.75 Å². The lowest BCUT2D eigenvalue weighted by Gasteiger charge is -2.37. The van der Waals surface area contributed by atoms with E-state index in [2.05, 4.69) is 4.98 Å². The van der Waals surface area contributed by atoms with Crippen LogP contribution in [-0.4, -0.2) is 72.6 Å². The summed E-state index contributed by atoms with van der Waals surface area (Å²) in [5, 5.41) is 7.12. The van der Waals surface area contributed by atoms with Crippen LogP contribution in [0.1, 0.15) is 12.8 Å². The van der Waals surface area contributed by atoms with Gasteiger partial charge in [-0.15, -0.1) is 0 Å². The smallest absolute Gasteiger partial charge is 0.486 e. The molecule has 152 valence electrons. The zero-order valence-corrected chi connectivity index (χ0v) is 15.1. The quantitative estimate of drug-likeness (QED) is 0.797. The molecule has 2 aliphatic rings. The minimum Gasteiger partial charge on any atom is -0.486 e. The van der Waals surface area contributed by atoms with E-state index in [1.165, 1.54) is 6.26 Å². The van der Waals surface area contributed by atoms with Gasteiger partial charge in [-0.25, -0.2) is 13.2 Å². The molecule has 0 spiro atoms. The molecule has 12 heteroatoms. The van der Waals surface area contributed by atoms with Gasteiger partial charge in [0.2, 0.25) is 10.0 Å². The summed E-state index contributed by atoms with van der Waals surface area (Å²) in [7, 11) is -3.19. The largest absolute Gasteiger partial charge is 0.490 e. The molecule has 1 aromatic rings. The number of alkyl halides is 3. The number of carbonyl (C=O) groups is 1. The number of hydrogen-bond acceptors (Lipinski definition) is 6. The Labute approximate surface area is 153 Å². The van der Waals surface area contributed by atoms with Crippen molar-refractivity contribution in [2.45, 2.75) is 37.3 Å².